The van der Waals surface area contributed by atoms with Crippen LogP contribution in [-0.2, 0) is 12.8 Å². The molecule has 2 aromatic rings. The minimum Gasteiger partial charge on any atom is -0.493 e. The first kappa shape index (κ1) is 13.1. The maximum absolute atomic E-state index is 6.17. The van der Waals surface area contributed by atoms with Crippen LogP contribution < -0.4 is 10.5 Å². The number of hydrogen-bond acceptors (Lipinski definition) is 3. The molecule has 104 valence electrons. The van der Waals surface area contributed by atoms with E-state index in [1.165, 1.54) is 23.1 Å². The number of rotatable bonds is 4. The van der Waals surface area contributed by atoms with Gasteiger partial charge in [-0.05, 0) is 54.2 Å². The van der Waals surface area contributed by atoms with Gasteiger partial charge in [-0.3, -0.25) is 4.98 Å². The van der Waals surface area contributed by atoms with Gasteiger partial charge in [-0.25, -0.2) is 0 Å². The summed E-state index contributed by atoms with van der Waals surface area (Å²) in [6.45, 7) is 0.666. The lowest BCUT2D eigenvalue weighted by Crippen LogP contribution is -2.17. The molecule has 0 bridgehead atoms. The van der Waals surface area contributed by atoms with Crippen molar-refractivity contribution < 1.29 is 4.74 Å². The zero-order valence-corrected chi connectivity index (χ0v) is 11.6. The van der Waals surface area contributed by atoms with E-state index < -0.39 is 0 Å². The molecule has 0 amide bonds. The largest absolute Gasteiger partial charge is 0.493 e. The van der Waals surface area contributed by atoms with Crippen molar-refractivity contribution in [2.75, 3.05) is 6.61 Å². The molecule has 1 heterocycles. The number of aromatic nitrogens is 1. The quantitative estimate of drug-likeness (QED) is 0.927. The Kier molecular flexibility index (Phi) is 3.97. The summed E-state index contributed by atoms with van der Waals surface area (Å²) in [7, 11) is 0. The maximum atomic E-state index is 6.17. The molecular weight excluding hydrogens is 248 g/mol. The van der Waals surface area contributed by atoms with Crippen LogP contribution in [0.25, 0.3) is 0 Å². The molecule has 0 spiro atoms. The van der Waals surface area contributed by atoms with Crippen LogP contribution in [0, 0.1) is 0 Å². The van der Waals surface area contributed by atoms with Crippen molar-refractivity contribution in [3.05, 3.63) is 59.4 Å². The highest BCUT2D eigenvalue weighted by molar-refractivity contribution is 5.39. The number of fused-ring (bicyclic) bond motifs is 1. The number of pyridine rings is 1. The predicted octanol–water partition coefficient (Wildman–Crippen LogP) is 3.04. The van der Waals surface area contributed by atoms with Crippen LogP contribution in [0.15, 0.2) is 42.7 Å². The molecule has 1 atom stereocenters. The number of ether oxygens (including phenoxy) is 1. The molecule has 2 N–H and O–H groups in total. The van der Waals surface area contributed by atoms with E-state index in [0.29, 0.717) is 6.61 Å². The van der Waals surface area contributed by atoms with Gasteiger partial charge in [0.25, 0.3) is 0 Å². The highest BCUT2D eigenvalue weighted by atomic mass is 16.5. The van der Waals surface area contributed by atoms with E-state index >= 15 is 0 Å². The maximum Gasteiger partial charge on any atom is 0.119 e. The number of hydrogen-bond donors (Lipinski definition) is 1. The van der Waals surface area contributed by atoms with Crippen molar-refractivity contribution >= 4 is 0 Å². The van der Waals surface area contributed by atoms with Crippen molar-refractivity contribution in [1.82, 2.24) is 4.98 Å². The van der Waals surface area contributed by atoms with Gasteiger partial charge in [0.15, 0.2) is 0 Å². The first-order chi connectivity index (χ1) is 9.83. The lowest BCUT2D eigenvalue weighted by Gasteiger charge is -2.22. The lowest BCUT2D eigenvalue weighted by atomic mass is 9.88. The van der Waals surface area contributed by atoms with Gasteiger partial charge in [0.05, 0.1) is 6.61 Å². The summed E-state index contributed by atoms with van der Waals surface area (Å²) >= 11 is 0. The monoisotopic (exact) mass is 268 g/mol. The molecule has 1 aliphatic carbocycles. The van der Waals surface area contributed by atoms with Gasteiger partial charge in [-0.1, -0.05) is 12.1 Å². The summed E-state index contributed by atoms with van der Waals surface area (Å²) in [4.78, 5) is 4.11. The van der Waals surface area contributed by atoms with Crippen LogP contribution >= 0.6 is 0 Å². The zero-order valence-electron chi connectivity index (χ0n) is 11.6. The Morgan fingerprint density at radius 2 is 2.25 bits per heavy atom. The molecular formula is C17H20N2O. The van der Waals surface area contributed by atoms with Crippen LogP contribution in [0.5, 0.6) is 5.75 Å². The molecule has 3 nitrogen and oxygen atoms in total. The molecule has 0 radical (unpaired) electrons. The van der Waals surface area contributed by atoms with E-state index in [0.717, 1.165) is 25.0 Å². The van der Waals surface area contributed by atoms with Crippen LogP contribution in [0.1, 0.15) is 35.6 Å². The van der Waals surface area contributed by atoms with Crippen molar-refractivity contribution in [3.8, 4) is 5.75 Å². The number of nitrogens with two attached hydrogens (primary N) is 1. The summed E-state index contributed by atoms with van der Waals surface area (Å²) < 4.78 is 5.84. The third-order valence-electron chi connectivity index (χ3n) is 3.86. The molecule has 3 rings (SSSR count). The second kappa shape index (κ2) is 6.06. The Balaban J connectivity index is 1.62. The van der Waals surface area contributed by atoms with E-state index in [9.17, 15) is 0 Å². The van der Waals surface area contributed by atoms with Crippen LogP contribution in [-0.4, -0.2) is 11.6 Å². The van der Waals surface area contributed by atoms with Crippen molar-refractivity contribution in [3.63, 3.8) is 0 Å². The topological polar surface area (TPSA) is 48.1 Å². The molecule has 1 aromatic carbocycles. The smallest absolute Gasteiger partial charge is 0.119 e. The third kappa shape index (κ3) is 2.99. The van der Waals surface area contributed by atoms with E-state index in [2.05, 4.69) is 29.2 Å². The van der Waals surface area contributed by atoms with Gasteiger partial charge in [-0.2, -0.15) is 0 Å². The summed E-state index contributed by atoms with van der Waals surface area (Å²) in [6.07, 6.45) is 7.94. The van der Waals surface area contributed by atoms with Crippen molar-refractivity contribution in [2.24, 2.45) is 5.73 Å². The highest BCUT2D eigenvalue weighted by Crippen LogP contribution is 2.30. The first-order valence-electron chi connectivity index (χ1n) is 7.23. The van der Waals surface area contributed by atoms with Crippen molar-refractivity contribution in [2.45, 2.75) is 31.7 Å². The average Bonchev–Trinajstić information content (AvgIpc) is 2.49. The van der Waals surface area contributed by atoms with Crippen LogP contribution in [0.2, 0.25) is 0 Å². The molecule has 0 fully saturated rings. The standard InChI is InChI=1S/C17H20N2O/c18-17-5-1-4-14-6-7-15(11-16(14)17)20-10-8-13-3-2-9-19-12-13/h2-3,6-7,9,11-12,17H,1,4-5,8,10,18H2/t17-/m1/s1. The summed E-state index contributed by atoms with van der Waals surface area (Å²) in [6, 6.07) is 10.5. The van der Waals surface area contributed by atoms with E-state index in [-0.39, 0.29) is 6.04 Å². The lowest BCUT2D eigenvalue weighted by molar-refractivity contribution is 0.321. The third-order valence-corrected chi connectivity index (χ3v) is 3.86. The second-order valence-electron chi connectivity index (χ2n) is 5.32. The molecule has 1 aromatic heterocycles. The number of benzene rings is 1. The van der Waals surface area contributed by atoms with Gasteiger partial charge in [0.1, 0.15) is 5.75 Å². The normalized spacial score (nSPS) is 17.6. The summed E-state index contributed by atoms with van der Waals surface area (Å²) in [5.74, 6) is 0.921. The van der Waals surface area contributed by atoms with Crippen LogP contribution in [0.4, 0.5) is 0 Å². The Bertz CT molecular complexity index is 568. The highest BCUT2D eigenvalue weighted by Gasteiger charge is 2.17. The van der Waals surface area contributed by atoms with Gasteiger partial charge in [0, 0.05) is 24.9 Å². The molecule has 1 aliphatic rings. The molecule has 0 saturated carbocycles. The number of nitrogens with zero attached hydrogens (tertiary/aromatic N) is 1. The van der Waals surface area contributed by atoms with Crippen LogP contribution in [0.3, 0.4) is 0 Å². The van der Waals surface area contributed by atoms with Crippen molar-refractivity contribution in [1.29, 1.82) is 0 Å². The van der Waals surface area contributed by atoms with E-state index in [1.54, 1.807) is 6.20 Å². The predicted molar refractivity (Wildman–Crippen MR) is 79.7 cm³/mol. The summed E-state index contributed by atoms with van der Waals surface area (Å²) in [5, 5.41) is 0. The fourth-order valence-electron chi connectivity index (χ4n) is 2.74. The average molecular weight is 268 g/mol. The molecule has 0 saturated heterocycles. The zero-order chi connectivity index (χ0) is 13.8. The molecule has 20 heavy (non-hydrogen) atoms. The van der Waals surface area contributed by atoms with E-state index in [4.69, 9.17) is 10.5 Å². The summed E-state index contributed by atoms with van der Waals surface area (Å²) in [5.41, 5.74) is 10.0. The SMILES string of the molecule is N[C@@H]1CCCc2ccc(OCCc3cccnc3)cc21. The van der Waals surface area contributed by atoms with E-state index in [1.807, 2.05) is 12.3 Å². The minimum atomic E-state index is 0.167. The first-order valence-corrected chi connectivity index (χ1v) is 7.23. The Hall–Kier alpha value is -1.87. The second-order valence-corrected chi connectivity index (χ2v) is 5.32. The number of aryl methyl sites for hydroxylation is 1. The minimum absolute atomic E-state index is 0.167. The fourth-order valence-corrected chi connectivity index (χ4v) is 2.74. The Morgan fingerprint density at radius 1 is 1.30 bits per heavy atom. The molecule has 0 unspecified atom stereocenters. The van der Waals surface area contributed by atoms with Gasteiger partial charge >= 0.3 is 0 Å². The Morgan fingerprint density at radius 3 is 3.10 bits per heavy atom. The molecule has 0 aliphatic heterocycles. The van der Waals surface area contributed by atoms with Gasteiger partial charge in [0.2, 0.25) is 0 Å². The Labute approximate surface area is 119 Å². The van der Waals surface area contributed by atoms with Gasteiger partial charge < -0.3 is 10.5 Å². The van der Waals surface area contributed by atoms with Gasteiger partial charge in [-0.15, -0.1) is 0 Å². The fraction of sp³-hybridized carbons (Fsp3) is 0.353. The molecule has 3 heteroatoms.